The Hall–Kier alpha value is -0.685. The van der Waals surface area contributed by atoms with Gasteiger partial charge in [0.1, 0.15) is 0 Å². The van der Waals surface area contributed by atoms with Crippen molar-refractivity contribution in [1.82, 2.24) is 4.72 Å². The molecule has 2 rings (SSSR count). The highest BCUT2D eigenvalue weighted by Gasteiger charge is 2.52. The first-order chi connectivity index (χ1) is 9.62. The van der Waals surface area contributed by atoms with Gasteiger partial charge in [-0.3, -0.25) is 9.52 Å². The first-order valence-electron chi connectivity index (χ1n) is 6.71. The number of rotatable bonds is 3. The van der Waals surface area contributed by atoms with Gasteiger partial charge < -0.3 is 9.31 Å². The smallest absolute Gasteiger partial charge is 0.399 e. The van der Waals surface area contributed by atoms with E-state index in [9.17, 15) is 4.79 Å². The summed E-state index contributed by atoms with van der Waals surface area (Å²) in [5.74, 6) is -0.105. The molecule has 7 heteroatoms. The summed E-state index contributed by atoms with van der Waals surface area (Å²) in [6.07, 6.45) is 0. The Morgan fingerprint density at radius 1 is 1.24 bits per heavy atom. The summed E-state index contributed by atoms with van der Waals surface area (Å²) < 4.78 is 14.6. The first kappa shape index (κ1) is 16.7. The fourth-order valence-electron chi connectivity index (χ4n) is 1.86. The van der Waals surface area contributed by atoms with Crippen LogP contribution in [0.4, 0.5) is 0 Å². The largest absolute Gasteiger partial charge is 0.496 e. The number of amides is 1. The third kappa shape index (κ3) is 3.56. The molecule has 1 fully saturated rings. The predicted octanol–water partition coefficient (Wildman–Crippen LogP) is 2.78. The molecule has 1 heterocycles. The van der Waals surface area contributed by atoms with Crippen LogP contribution in [0.1, 0.15) is 34.6 Å². The van der Waals surface area contributed by atoms with E-state index in [1.807, 2.05) is 39.8 Å². The zero-order valence-corrected chi connectivity index (χ0v) is 14.4. The number of benzene rings is 1. The van der Waals surface area contributed by atoms with Crippen molar-refractivity contribution in [1.29, 1.82) is 0 Å². The second-order valence-electron chi connectivity index (χ2n) is 6.03. The average Bonchev–Trinajstić information content (AvgIpc) is 2.55. The lowest BCUT2D eigenvalue weighted by Crippen LogP contribution is -2.41. The molecule has 0 unspecified atom stereocenters. The summed E-state index contributed by atoms with van der Waals surface area (Å²) in [7, 11) is -0.484. The molecule has 4 nitrogen and oxygen atoms in total. The quantitative estimate of drug-likeness (QED) is 0.685. The Balaban J connectivity index is 2.17. The zero-order chi connectivity index (χ0) is 15.8. The Morgan fingerprint density at radius 3 is 2.29 bits per heavy atom. The third-order valence-corrected chi connectivity index (χ3v) is 5.00. The summed E-state index contributed by atoms with van der Waals surface area (Å²) >= 11 is 7.55. The van der Waals surface area contributed by atoms with E-state index >= 15 is 0 Å². The summed E-state index contributed by atoms with van der Waals surface area (Å²) in [6.45, 7) is 9.47. The van der Waals surface area contributed by atoms with Crippen LogP contribution >= 0.6 is 23.5 Å². The van der Waals surface area contributed by atoms with Gasteiger partial charge in [-0.15, -0.1) is 0 Å². The molecule has 1 amide bonds. The molecule has 0 bridgehead atoms. The van der Waals surface area contributed by atoms with Gasteiger partial charge in [-0.05, 0) is 51.8 Å². The monoisotopic (exact) mass is 327 g/mol. The van der Waals surface area contributed by atoms with Gasteiger partial charge in [0.2, 0.25) is 5.91 Å². The Labute approximate surface area is 135 Å². The summed E-state index contributed by atoms with van der Waals surface area (Å²) in [5, 5.41) is 0.559. The molecular formula is C14H19BClNO3S. The molecule has 21 heavy (non-hydrogen) atoms. The standard InChI is InChI=1S/C14H19BClNO3S/c1-9(18)17-21-10-6-7-11(12(16)8-10)15-19-13(2,3)14(4,5)20-15/h6-8H,1-5H3,(H,17,18). The number of nitrogens with one attached hydrogen (secondary N) is 1. The number of halogens is 1. The van der Waals surface area contributed by atoms with Crippen LogP contribution in [0.3, 0.4) is 0 Å². The highest BCUT2D eigenvalue weighted by atomic mass is 35.5. The highest BCUT2D eigenvalue weighted by molar-refractivity contribution is 7.98. The minimum Gasteiger partial charge on any atom is -0.399 e. The molecule has 0 radical (unpaired) electrons. The highest BCUT2D eigenvalue weighted by Crippen LogP contribution is 2.37. The van der Waals surface area contributed by atoms with Gasteiger partial charge in [-0.2, -0.15) is 0 Å². The van der Waals surface area contributed by atoms with Crippen molar-refractivity contribution in [3.63, 3.8) is 0 Å². The molecule has 1 aliphatic rings. The summed E-state index contributed by atoms with van der Waals surface area (Å²) in [5.41, 5.74) is -0.00245. The minimum atomic E-state index is -0.484. The van der Waals surface area contributed by atoms with Crippen molar-refractivity contribution in [3.05, 3.63) is 23.2 Å². The lowest BCUT2D eigenvalue weighted by molar-refractivity contribution is -0.117. The van der Waals surface area contributed by atoms with Crippen LogP contribution in [0.5, 0.6) is 0 Å². The molecule has 0 spiro atoms. The van der Waals surface area contributed by atoms with Gasteiger partial charge >= 0.3 is 7.12 Å². The topological polar surface area (TPSA) is 47.6 Å². The maximum Gasteiger partial charge on any atom is 0.496 e. The van der Waals surface area contributed by atoms with E-state index in [2.05, 4.69) is 4.72 Å². The van der Waals surface area contributed by atoms with Gasteiger partial charge in [-0.25, -0.2) is 0 Å². The predicted molar refractivity (Wildman–Crippen MR) is 86.8 cm³/mol. The third-order valence-electron chi connectivity index (χ3n) is 3.79. The van der Waals surface area contributed by atoms with Crippen LogP contribution in [0, 0.1) is 0 Å². The van der Waals surface area contributed by atoms with Crippen molar-refractivity contribution in [2.45, 2.75) is 50.7 Å². The molecule has 0 aromatic heterocycles. The van der Waals surface area contributed by atoms with Gasteiger partial charge in [0.15, 0.2) is 0 Å². The lowest BCUT2D eigenvalue weighted by atomic mass is 9.79. The second-order valence-corrected chi connectivity index (χ2v) is 7.32. The van der Waals surface area contributed by atoms with Crippen molar-refractivity contribution in [3.8, 4) is 0 Å². The lowest BCUT2D eigenvalue weighted by Gasteiger charge is -2.32. The fourth-order valence-corrected chi connectivity index (χ4v) is 2.77. The Morgan fingerprint density at radius 2 is 1.81 bits per heavy atom. The van der Waals surface area contributed by atoms with Crippen LogP contribution in [0.15, 0.2) is 23.1 Å². The fraction of sp³-hybridized carbons (Fsp3) is 0.500. The normalized spacial score (nSPS) is 19.6. The van der Waals surface area contributed by atoms with Crippen LogP contribution in [0.25, 0.3) is 0 Å². The maximum atomic E-state index is 10.9. The van der Waals surface area contributed by atoms with Crippen molar-refractivity contribution in [2.24, 2.45) is 0 Å². The number of carbonyl (C=O) groups excluding carboxylic acids is 1. The second kappa shape index (κ2) is 5.84. The number of hydrogen-bond donors (Lipinski definition) is 1. The van der Waals surface area contributed by atoms with E-state index in [0.717, 1.165) is 10.4 Å². The molecule has 1 aliphatic heterocycles. The maximum absolute atomic E-state index is 10.9. The molecule has 1 aromatic carbocycles. The molecule has 1 N–H and O–H groups in total. The van der Waals surface area contributed by atoms with E-state index < -0.39 is 18.3 Å². The van der Waals surface area contributed by atoms with E-state index in [1.165, 1.54) is 18.9 Å². The summed E-state index contributed by atoms with van der Waals surface area (Å²) in [4.78, 5) is 11.8. The number of carbonyl (C=O) groups is 1. The van der Waals surface area contributed by atoms with Gasteiger partial charge in [-0.1, -0.05) is 17.7 Å². The molecule has 114 valence electrons. The van der Waals surface area contributed by atoms with Gasteiger partial charge in [0, 0.05) is 22.3 Å². The SMILES string of the molecule is CC(=O)NSc1ccc(B2OC(C)(C)C(C)(C)O2)c(Cl)c1. The van der Waals surface area contributed by atoms with Crippen molar-refractivity contribution >= 4 is 42.0 Å². The summed E-state index contributed by atoms with van der Waals surface area (Å²) in [6, 6.07) is 5.55. The average molecular weight is 328 g/mol. The van der Waals surface area contributed by atoms with Crippen LogP contribution in [-0.2, 0) is 14.1 Å². The molecule has 0 saturated carbocycles. The van der Waals surface area contributed by atoms with Gasteiger partial charge in [0.25, 0.3) is 0 Å². The van der Waals surface area contributed by atoms with Gasteiger partial charge in [0.05, 0.1) is 11.2 Å². The molecule has 1 aromatic rings. The van der Waals surface area contributed by atoms with Crippen LogP contribution in [0.2, 0.25) is 5.02 Å². The molecule has 0 atom stereocenters. The Kier molecular flexibility index (Phi) is 4.64. The van der Waals surface area contributed by atoms with E-state index in [-0.39, 0.29) is 5.91 Å². The van der Waals surface area contributed by atoms with E-state index in [4.69, 9.17) is 20.9 Å². The van der Waals surface area contributed by atoms with Crippen molar-refractivity contribution in [2.75, 3.05) is 0 Å². The van der Waals surface area contributed by atoms with Crippen molar-refractivity contribution < 1.29 is 14.1 Å². The Bertz CT molecular complexity index is 549. The first-order valence-corrected chi connectivity index (χ1v) is 7.90. The number of hydrogen-bond acceptors (Lipinski definition) is 4. The van der Waals surface area contributed by atoms with E-state index in [1.54, 1.807) is 6.07 Å². The molecular weight excluding hydrogens is 308 g/mol. The molecule has 0 aliphatic carbocycles. The van der Waals surface area contributed by atoms with Crippen LogP contribution in [-0.4, -0.2) is 24.2 Å². The van der Waals surface area contributed by atoms with Crippen LogP contribution < -0.4 is 10.2 Å². The zero-order valence-electron chi connectivity index (χ0n) is 12.8. The minimum absolute atomic E-state index is 0.105. The van der Waals surface area contributed by atoms with E-state index in [0.29, 0.717) is 5.02 Å². The molecule has 1 saturated heterocycles.